The summed E-state index contributed by atoms with van der Waals surface area (Å²) in [4.78, 5) is 10.2. The van der Waals surface area contributed by atoms with E-state index in [1.165, 1.54) is 12.8 Å². The number of hydrazine groups is 2. The monoisotopic (exact) mass is 556 g/mol. The number of nitrogens with one attached hydrogen (secondary N) is 4. The zero-order chi connectivity index (χ0) is 26.9. The highest BCUT2D eigenvalue weighted by molar-refractivity contribution is 7.09. The van der Waals surface area contributed by atoms with Gasteiger partial charge in [0.15, 0.2) is 0 Å². The van der Waals surface area contributed by atoms with E-state index in [4.69, 9.17) is 11.6 Å². The molecule has 8 nitrogen and oxygen atoms in total. The molecule has 198 valence electrons. The molecular weight excluding hydrogens is 528 g/mol. The number of halogens is 1. The summed E-state index contributed by atoms with van der Waals surface area (Å²) in [6, 6.07) is 16.9. The predicted molar refractivity (Wildman–Crippen MR) is 157 cm³/mol. The van der Waals surface area contributed by atoms with E-state index in [2.05, 4.69) is 67.9 Å². The number of pyridine rings is 1. The summed E-state index contributed by atoms with van der Waals surface area (Å²) in [5.74, 6) is 0. The number of thiazole rings is 1. The van der Waals surface area contributed by atoms with Crippen molar-refractivity contribution in [2.24, 2.45) is 0 Å². The van der Waals surface area contributed by atoms with Crippen LogP contribution in [0.4, 0.5) is 11.4 Å². The molecule has 2 atom stereocenters. The number of aryl methyl sites for hydroxylation is 1. The number of rotatable bonds is 9. The number of aromatic nitrogens is 2. The summed E-state index contributed by atoms with van der Waals surface area (Å²) < 4.78 is 0. The van der Waals surface area contributed by atoms with E-state index in [1.807, 2.05) is 42.8 Å². The van der Waals surface area contributed by atoms with Gasteiger partial charge in [-0.15, -0.1) is 16.9 Å². The van der Waals surface area contributed by atoms with Gasteiger partial charge in [-0.1, -0.05) is 48.9 Å². The second-order valence-corrected chi connectivity index (χ2v) is 11.2. The molecule has 2 aromatic carbocycles. The second-order valence-electron chi connectivity index (χ2n) is 9.87. The van der Waals surface area contributed by atoms with E-state index in [-0.39, 0.29) is 12.1 Å². The molecule has 2 aromatic heterocycles. The molecule has 1 saturated carbocycles. The molecule has 6 rings (SSSR count). The molecule has 1 aliphatic carbocycles. The Bertz CT molecular complexity index is 1570. The Hall–Kier alpha value is -3.84. The first kappa shape index (κ1) is 25.4. The second kappa shape index (κ2) is 10.7. The summed E-state index contributed by atoms with van der Waals surface area (Å²) in [6.45, 7) is 4.15. The minimum Gasteiger partial charge on any atom is -0.377 e. The van der Waals surface area contributed by atoms with Gasteiger partial charge < -0.3 is 16.1 Å². The SMILES string of the molecule is CC[C@@H](Nc1c(C#N)cnc2c(Cl)cc(NC(C3=CN(C4CC4)NN3)c3scnc3C)cc12)c1ccccc1. The number of nitrogens with zero attached hydrogens (tertiary/aromatic N) is 4. The summed E-state index contributed by atoms with van der Waals surface area (Å²) in [6.07, 6.45) is 6.94. The lowest BCUT2D eigenvalue weighted by atomic mass is 10.0. The van der Waals surface area contributed by atoms with Crippen molar-refractivity contribution in [1.82, 2.24) is 25.9 Å². The molecule has 1 aliphatic heterocycles. The largest absolute Gasteiger partial charge is 0.377 e. The number of anilines is 2. The molecule has 10 heteroatoms. The Morgan fingerprint density at radius 3 is 2.72 bits per heavy atom. The first-order valence-corrected chi connectivity index (χ1v) is 14.3. The molecule has 3 heterocycles. The molecule has 2 aliphatic rings. The van der Waals surface area contributed by atoms with Gasteiger partial charge in [-0.2, -0.15) is 5.26 Å². The van der Waals surface area contributed by atoms with Gasteiger partial charge in [0.1, 0.15) is 12.1 Å². The molecule has 0 spiro atoms. The highest BCUT2D eigenvalue weighted by Gasteiger charge is 2.33. The van der Waals surface area contributed by atoms with Gasteiger partial charge in [-0.25, -0.2) is 4.98 Å². The predicted octanol–water partition coefficient (Wildman–Crippen LogP) is 6.57. The first-order chi connectivity index (χ1) is 19.1. The van der Waals surface area contributed by atoms with Crippen LogP contribution in [0.1, 0.15) is 60.0 Å². The number of nitriles is 1. The van der Waals surface area contributed by atoms with Gasteiger partial charge >= 0.3 is 0 Å². The third-order valence-electron chi connectivity index (χ3n) is 7.19. The molecule has 1 fully saturated rings. The Labute approximate surface area is 236 Å². The van der Waals surface area contributed by atoms with Crippen LogP contribution in [0.3, 0.4) is 0 Å². The maximum absolute atomic E-state index is 9.98. The fourth-order valence-electron chi connectivity index (χ4n) is 4.94. The van der Waals surface area contributed by atoms with Gasteiger partial charge in [0.25, 0.3) is 0 Å². The van der Waals surface area contributed by atoms with Crippen molar-refractivity contribution < 1.29 is 0 Å². The molecule has 4 N–H and O–H groups in total. The van der Waals surface area contributed by atoms with Crippen molar-refractivity contribution in [3.63, 3.8) is 0 Å². The molecule has 4 aromatic rings. The molecule has 0 amide bonds. The van der Waals surface area contributed by atoms with Gasteiger partial charge in [-0.05, 0) is 43.9 Å². The highest BCUT2D eigenvalue weighted by atomic mass is 35.5. The van der Waals surface area contributed by atoms with Crippen molar-refractivity contribution in [2.45, 2.75) is 51.2 Å². The topological polar surface area (TPSA) is 101 Å². The fraction of sp³-hybridized carbons (Fsp3) is 0.276. The van der Waals surface area contributed by atoms with E-state index < -0.39 is 0 Å². The van der Waals surface area contributed by atoms with E-state index in [0.717, 1.165) is 45.0 Å². The quantitative estimate of drug-likeness (QED) is 0.184. The van der Waals surface area contributed by atoms with Crippen LogP contribution in [0.25, 0.3) is 10.9 Å². The minimum atomic E-state index is -0.168. The zero-order valence-corrected chi connectivity index (χ0v) is 23.3. The van der Waals surface area contributed by atoms with Crippen molar-refractivity contribution in [2.75, 3.05) is 10.6 Å². The maximum Gasteiger partial charge on any atom is 0.106 e. The minimum absolute atomic E-state index is 0.0270. The van der Waals surface area contributed by atoms with Crippen LogP contribution < -0.4 is 21.6 Å². The summed E-state index contributed by atoms with van der Waals surface area (Å²) >= 11 is 8.43. The Morgan fingerprint density at radius 2 is 2.03 bits per heavy atom. The molecule has 0 radical (unpaired) electrons. The summed E-state index contributed by atoms with van der Waals surface area (Å²) in [5, 5.41) is 20.7. The number of fused-ring (bicyclic) bond motifs is 1. The van der Waals surface area contributed by atoms with E-state index >= 15 is 0 Å². The van der Waals surface area contributed by atoms with Crippen LogP contribution in [0.15, 0.2) is 66.1 Å². The lowest BCUT2D eigenvalue weighted by molar-refractivity contribution is 0.260. The van der Waals surface area contributed by atoms with E-state index in [1.54, 1.807) is 17.5 Å². The third-order valence-corrected chi connectivity index (χ3v) is 8.47. The van der Waals surface area contributed by atoms with Gasteiger partial charge in [0, 0.05) is 29.5 Å². The average Bonchev–Trinajstić information content (AvgIpc) is 3.53. The fourth-order valence-corrected chi connectivity index (χ4v) is 6.08. The molecule has 1 unspecified atom stereocenters. The Balaban J connectivity index is 1.41. The van der Waals surface area contributed by atoms with Gasteiger partial charge in [0.2, 0.25) is 0 Å². The first-order valence-electron chi connectivity index (χ1n) is 13.1. The standard InChI is InChI=1S/C29H29ClN8S/c1-3-24(18-7-5-4-6-8-18)35-26-19(13-31)14-32-27-22(26)11-20(12-23(27)30)34-28(29-17(2)33-16-39-29)25-15-38(37-36-25)21-9-10-21/h4-8,11-12,14-16,21,24,28,34,36-37H,3,9-10H2,1-2H3,(H,32,35)/t24-,28?/m1/s1. The van der Waals surface area contributed by atoms with Crippen molar-refractivity contribution in [1.29, 1.82) is 5.26 Å². The van der Waals surface area contributed by atoms with Crippen LogP contribution in [0, 0.1) is 18.3 Å². The van der Waals surface area contributed by atoms with Crippen LogP contribution in [0.5, 0.6) is 0 Å². The smallest absolute Gasteiger partial charge is 0.106 e. The molecule has 39 heavy (non-hydrogen) atoms. The third kappa shape index (κ3) is 5.11. The number of hydrogen-bond donors (Lipinski definition) is 4. The Kier molecular flexibility index (Phi) is 7.00. The van der Waals surface area contributed by atoms with Gasteiger partial charge in [0.05, 0.1) is 49.6 Å². The van der Waals surface area contributed by atoms with Crippen LogP contribution >= 0.6 is 22.9 Å². The average molecular weight is 557 g/mol. The highest BCUT2D eigenvalue weighted by Crippen LogP contribution is 2.39. The number of hydrogen-bond acceptors (Lipinski definition) is 9. The van der Waals surface area contributed by atoms with Crippen LogP contribution in [-0.2, 0) is 0 Å². The van der Waals surface area contributed by atoms with Crippen molar-refractivity contribution in [3.8, 4) is 6.07 Å². The maximum atomic E-state index is 9.98. The summed E-state index contributed by atoms with van der Waals surface area (Å²) in [5.41, 5.74) is 14.3. The van der Waals surface area contributed by atoms with Crippen molar-refractivity contribution >= 4 is 45.2 Å². The molecule has 0 saturated heterocycles. The van der Waals surface area contributed by atoms with E-state index in [0.29, 0.717) is 22.1 Å². The van der Waals surface area contributed by atoms with Crippen molar-refractivity contribution in [3.05, 3.63) is 92.8 Å². The van der Waals surface area contributed by atoms with Gasteiger partial charge in [-0.3, -0.25) is 9.99 Å². The lowest BCUT2D eigenvalue weighted by Crippen LogP contribution is -2.38. The lowest BCUT2D eigenvalue weighted by Gasteiger charge is -2.23. The van der Waals surface area contributed by atoms with Crippen LogP contribution in [0.2, 0.25) is 5.02 Å². The van der Waals surface area contributed by atoms with E-state index in [9.17, 15) is 5.26 Å². The molecular formula is C29H29ClN8S. The molecule has 0 bridgehead atoms. The normalized spacial score (nSPS) is 16.4. The zero-order valence-electron chi connectivity index (χ0n) is 21.7. The Morgan fingerprint density at radius 1 is 1.21 bits per heavy atom. The van der Waals surface area contributed by atoms with Crippen LogP contribution in [-0.4, -0.2) is 21.0 Å². The number of benzene rings is 2. The summed E-state index contributed by atoms with van der Waals surface area (Å²) in [7, 11) is 0.